The van der Waals surface area contributed by atoms with Crippen molar-refractivity contribution in [3.63, 3.8) is 0 Å². The number of aromatic nitrogens is 1. The number of hydrogen-bond donors (Lipinski definition) is 0. The summed E-state index contributed by atoms with van der Waals surface area (Å²) in [5.41, 5.74) is 2.33. The van der Waals surface area contributed by atoms with Gasteiger partial charge >= 0.3 is 0 Å². The maximum absolute atomic E-state index is 13.7. The molecule has 3 fully saturated rings. The number of rotatable bonds is 3. The third kappa shape index (κ3) is 3.50. The number of nitrogens with zero attached hydrogens (tertiary/aromatic N) is 3. The number of benzene rings is 1. The van der Waals surface area contributed by atoms with Gasteiger partial charge in [-0.15, -0.1) is 0 Å². The second kappa shape index (κ2) is 7.98. The third-order valence-electron chi connectivity index (χ3n) is 7.90. The SMILES string of the molecule is CC(=O)N1[C@@H]2CN(C(=O)c3ccnc(Cc4ccc(F)cc4)c3)[C@@H]3CCCC[C@H]1[C@]3(C)C2. The summed E-state index contributed by atoms with van der Waals surface area (Å²) in [6.07, 6.45) is 7.43. The molecule has 168 valence electrons. The number of hydrogen-bond acceptors (Lipinski definition) is 3. The Morgan fingerprint density at radius 3 is 2.56 bits per heavy atom. The van der Waals surface area contributed by atoms with Crippen molar-refractivity contribution in [1.82, 2.24) is 14.8 Å². The van der Waals surface area contributed by atoms with Crippen LogP contribution in [0.25, 0.3) is 0 Å². The van der Waals surface area contributed by atoms with Crippen LogP contribution in [0.5, 0.6) is 0 Å². The van der Waals surface area contributed by atoms with E-state index in [0.29, 0.717) is 18.5 Å². The van der Waals surface area contributed by atoms with Crippen LogP contribution >= 0.6 is 0 Å². The van der Waals surface area contributed by atoms with Crippen LogP contribution in [-0.2, 0) is 11.2 Å². The van der Waals surface area contributed by atoms with Crippen LogP contribution in [0.4, 0.5) is 4.39 Å². The molecule has 3 heterocycles. The van der Waals surface area contributed by atoms with Crippen molar-refractivity contribution >= 4 is 11.8 Å². The van der Waals surface area contributed by atoms with E-state index < -0.39 is 0 Å². The lowest BCUT2D eigenvalue weighted by atomic mass is 9.71. The minimum absolute atomic E-state index is 0.0275. The topological polar surface area (TPSA) is 53.5 Å². The minimum atomic E-state index is -0.264. The number of piperidine rings is 1. The van der Waals surface area contributed by atoms with Crippen molar-refractivity contribution in [2.75, 3.05) is 6.54 Å². The average Bonchev–Trinajstić information content (AvgIpc) is 2.88. The maximum Gasteiger partial charge on any atom is 0.254 e. The average molecular weight is 436 g/mol. The summed E-state index contributed by atoms with van der Waals surface area (Å²) in [6.45, 7) is 4.56. The van der Waals surface area contributed by atoms with Crippen LogP contribution in [0.2, 0.25) is 0 Å². The molecule has 32 heavy (non-hydrogen) atoms. The van der Waals surface area contributed by atoms with Gasteiger partial charge in [-0.3, -0.25) is 14.6 Å². The van der Waals surface area contributed by atoms with Gasteiger partial charge in [-0.25, -0.2) is 4.39 Å². The van der Waals surface area contributed by atoms with Gasteiger partial charge in [0.1, 0.15) is 5.82 Å². The van der Waals surface area contributed by atoms with Crippen LogP contribution in [0.15, 0.2) is 42.6 Å². The van der Waals surface area contributed by atoms with E-state index in [0.717, 1.165) is 43.4 Å². The fraction of sp³-hybridized carbons (Fsp3) is 0.500. The highest BCUT2D eigenvalue weighted by atomic mass is 19.1. The van der Waals surface area contributed by atoms with E-state index in [2.05, 4.69) is 16.8 Å². The van der Waals surface area contributed by atoms with Crippen molar-refractivity contribution in [2.45, 2.75) is 70.5 Å². The van der Waals surface area contributed by atoms with Gasteiger partial charge in [0, 0.05) is 54.8 Å². The van der Waals surface area contributed by atoms with Crippen LogP contribution in [0.1, 0.15) is 67.6 Å². The lowest BCUT2D eigenvalue weighted by molar-refractivity contribution is -0.132. The summed E-state index contributed by atoms with van der Waals surface area (Å²) in [4.78, 5) is 34.8. The molecule has 5 nitrogen and oxygen atoms in total. The normalized spacial score (nSPS) is 29.0. The molecule has 2 amide bonds. The molecular formula is C26H30FN3O2. The molecule has 0 N–H and O–H groups in total. The van der Waals surface area contributed by atoms with E-state index in [1.165, 1.54) is 12.1 Å². The summed E-state index contributed by atoms with van der Waals surface area (Å²) in [5, 5.41) is 0. The molecule has 1 aromatic carbocycles. The summed E-state index contributed by atoms with van der Waals surface area (Å²) in [5.74, 6) is -0.107. The molecule has 0 spiro atoms. The Bertz CT molecular complexity index is 1040. The molecule has 2 bridgehead atoms. The van der Waals surface area contributed by atoms with Crippen molar-refractivity contribution in [1.29, 1.82) is 0 Å². The lowest BCUT2D eigenvalue weighted by Gasteiger charge is -2.46. The molecule has 2 aliphatic heterocycles. The Morgan fingerprint density at radius 1 is 1.12 bits per heavy atom. The summed E-state index contributed by atoms with van der Waals surface area (Å²) in [7, 11) is 0. The van der Waals surface area contributed by atoms with Crippen LogP contribution in [0.3, 0.4) is 0 Å². The lowest BCUT2D eigenvalue weighted by Crippen LogP contribution is -2.55. The third-order valence-corrected chi connectivity index (χ3v) is 7.90. The zero-order valence-electron chi connectivity index (χ0n) is 18.8. The zero-order valence-corrected chi connectivity index (χ0v) is 18.8. The van der Waals surface area contributed by atoms with E-state index in [-0.39, 0.29) is 41.2 Å². The fourth-order valence-corrected chi connectivity index (χ4v) is 6.55. The highest BCUT2D eigenvalue weighted by Gasteiger charge is 2.60. The molecule has 2 saturated heterocycles. The molecule has 1 saturated carbocycles. The predicted octanol–water partition coefficient (Wildman–Crippen LogP) is 4.21. The van der Waals surface area contributed by atoms with Crippen LogP contribution in [-0.4, -0.2) is 51.3 Å². The highest BCUT2D eigenvalue weighted by molar-refractivity contribution is 5.95. The first kappa shape index (κ1) is 21.1. The number of pyridine rings is 1. The molecule has 0 unspecified atom stereocenters. The summed E-state index contributed by atoms with van der Waals surface area (Å²) in [6, 6.07) is 10.5. The van der Waals surface area contributed by atoms with Gasteiger partial charge in [-0.1, -0.05) is 31.9 Å². The Kier molecular flexibility index (Phi) is 5.26. The Labute approximate surface area is 188 Å². The first-order valence-electron chi connectivity index (χ1n) is 11.7. The molecule has 0 radical (unpaired) electrons. The predicted molar refractivity (Wildman–Crippen MR) is 120 cm³/mol. The number of fused-ring (bicyclic) bond motifs is 1. The molecule has 5 rings (SSSR count). The number of likely N-dealkylation sites (tertiary alicyclic amines) is 2. The number of carbonyl (C=O) groups excluding carboxylic acids is 2. The Hall–Kier alpha value is -2.76. The first-order valence-corrected chi connectivity index (χ1v) is 11.7. The summed E-state index contributed by atoms with van der Waals surface area (Å²) < 4.78 is 13.2. The molecule has 6 heteroatoms. The highest BCUT2D eigenvalue weighted by Crippen LogP contribution is 2.53. The number of amides is 2. The second-order valence-corrected chi connectivity index (χ2v) is 9.90. The van der Waals surface area contributed by atoms with E-state index in [4.69, 9.17) is 0 Å². The monoisotopic (exact) mass is 435 g/mol. The Morgan fingerprint density at radius 2 is 1.84 bits per heavy atom. The van der Waals surface area contributed by atoms with Gasteiger partial charge < -0.3 is 9.80 Å². The molecule has 2 aromatic rings. The van der Waals surface area contributed by atoms with E-state index in [1.807, 2.05) is 11.0 Å². The molecular weight excluding hydrogens is 405 g/mol. The fourth-order valence-electron chi connectivity index (χ4n) is 6.55. The summed E-state index contributed by atoms with van der Waals surface area (Å²) >= 11 is 0. The maximum atomic E-state index is 13.7. The molecule has 4 atom stereocenters. The largest absolute Gasteiger partial charge is 0.335 e. The molecule has 1 aromatic heterocycles. The van der Waals surface area contributed by atoms with Gasteiger partial charge in [-0.05, 0) is 49.1 Å². The van der Waals surface area contributed by atoms with Crippen LogP contribution < -0.4 is 0 Å². The van der Waals surface area contributed by atoms with Gasteiger partial charge in [0.15, 0.2) is 0 Å². The number of halogens is 1. The first-order chi connectivity index (χ1) is 15.4. The van der Waals surface area contributed by atoms with Crippen molar-refractivity contribution in [3.05, 3.63) is 65.2 Å². The van der Waals surface area contributed by atoms with Crippen molar-refractivity contribution in [2.24, 2.45) is 5.41 Å². The van der Waals surface area contributed by atoms with Crippen molar-refractivity contribution < 1.29 is 14.0 Å². The molecule has 3 aliphatic rings. The van der Waals surface area contributed by atoms with Crippen molar-refractivity contribution in [3.8, 4) is 0 Å². The van der Waals surface area contributed by atoms with Crippen LogP contribution in [0, 0.1) is 11.2 Å². The second-order valence-electron chi connectivity index (χ2n) is 9.90. The zero-order chi connectivity index (χ0) is 22.5. The van der Waals surface area contributed by atoms with Gasteiger partial charge in [0.25, 0.3) is 5.91 Å². The van der Waals surface area contributed by atoms with E-state index >= 15 is 0 Å². The quantitative estimate of drug-likeness (QED) is 0.726. The Balaban J connectivity index is 1.43. The van der Waals surface area contributed by atoms with Gasteiger partial charge in [-0.2, -0.15) is 0 Å². The van der Waals surface area contributed by atoms with Gasteiger partial charge in [0.2, 0.25) is 5.91 Å². The molecule has 1 aliphatic carbocycles. The standard InChI is InChI=1S/C26H30FN3O2/c1-17(31)30-22-15-26(2)23(5-3-4-6-24(26)30)29(16-22)25(32)19-11-12-28-21(14-19)13-18-7-9-20(27)10-8-18/h7-12,14,22-24H,3-6,13,15-16H2,1-2H3/t22-,23+,24-,26+/m0/s1. The van der Waals surface area contributed by atoms with E-state index in [9.17, 15) is 14.0 Å². The van der Waals surface area contributed by atoms with Gasteiger partial charge in [0.05, 0.1) is 6.04 Å². The van der Waals surface area contributed by atoms with E-state index in [1.54, 1.807) is 31.3 Å². The smallest absolute Gasteiger partial charge is 0.254 e. The minimum Gasteiger partial charge on any atom is -0.335 e. The number of carbonyl (C=O) groups is 2.